The van der Waals surface area contributed by atoms with Crippen molar-refractivity contribution < 1.29 is 17.6 Å². The molecular formula is C22H24FN3O3S. The van der Waals surface area contributed by atoms with Crippen LogP contribution in [0, 0.1) is 5.82 Å². The number of benzene rings is 3. The number of anilines is 2. The number of nitrogens with one attached hydrogen (secondary N) is 2. The molecule has 0 aromatic heterocycles. The number of amides is 2. The van der Waals surface area contributed by atoms with Crippen molar-refractivity contribution in [1.29, 1.82) is 0 Å². The summed E-state index contributed by atoms with van der Waals surface area (Å²) in [5, 5.41) is 6.75. The van der Waals surface area contributed by atoms with Crippen LogP contribution >= 0.6 is 0 Å². The molecular weight excluding hydrogens is 405 g/mol. The first-order valence-corrected chi connectivity index (χ1v) is 11.2. The van der Waals surface area contributed by atoms with E-state index in [2.05, 4.69) is 10.6 Å². The second kappa shape index (κ2) is 9.13. The van der Waals surface area contributed by atoms with Gasteiger partial charge < -0.3 is 15.5 Å². The molecule has 0 unspecified atom stereocenters. The summed E-state index contributed by atoms with van der Waals surface area (Å²) in [4.78, 5) is 14.1. The highest BCUT2D eigenvalue weighted by atomic mass is 32.2. The molecule has 3 aromatic rings. The Morgan fingerprint density at radius 3 is 2.33 bits per heavy atom. The van der Waals surface area contributed by atoms with Crippen molar-refractivity contribution in [3.05, 3.63) is 66.5 Å². The molecule has 0 aliphatic rings. The standard InChI is InChI=1S/C22H24FN3O3S/c1-26(2)20-8-3-7-19-18(20)6-4-9-21(19)30(28,29)15-5-14-24-22(27)25-17-12-10-16(23)11-13-17/h3-4,6-13H,5,14-15H2,1-2H3,(H2,24,25,27). The molecule has 0 radical (unpaired) electrons. The van der Waals surface area contributed by atoms with Crippen LogP contribution in [-0.4, -0.2) is 40.8 Å². The lowest BCUT2D eigenvalue weighted by Crippen LogP contribution is -2.30. The monoisotopic (exact) mass is 429 g/mol. The quantitative estimate of drug-likeness (QED) is 0.556. The Morgan fingerprint density at radius 1 is 0.967 bits per heavy atom. The number of rotatable bonds is 7. The molecule has 2 amide bonds. The Labute approximate surface area is 175 Å². The van der Waals surface area contributed by atoms with Gasteiger partial charge in [-0.05, 0) is 42.8 Å². The number of nitrogens with zero attached hydrogens (tertiary/aromatic N) is 1. The molecule has 0 bridgehead atoms. The topological polar surface area (TPSA) is 78.5 Å². The zero-order valence-electron chi connectivity index (χ0n) is 16.9. The van der Waals surface area contributed by atoms with E-state index in [1.807, 2.05) is 43.3 Å². The molecule has 3 rings (SSSR count). The third-order valence-corrected chi connectivity index (χ3v) is 6.51. The molecule has 0 fully saturated rings. The largest absolute Gasteiger partial charge is 0.377 e. The Kier molecular flexibility index (Phi) is 6.56. The van der Waals surface area contributed by atoms with E-state index in [1.165, 1.54) is 24.3 Å². The molecule has 2 N–H and O–H groups in total. The number of urea groups is 1. The molecule has 0 spiro atoms. The lowest BCUT2D eigenvalue weighted by molar-refractivity contribution is 0.252. The van der Waals surface area contributed by atoms with Gasteiger partial charge in [-0.2, -0.15) is 0 Å². The van der Waals surface area contributed by atoms with Gasteiger partial charge in [0.15, 0.2) is 9.84 Å². The predicted octanol–water partition coefficient (Wildman–Crippen LogP) is 4.03. The zero-order valence-corrected chi connectivity index (χ0v) is 17.7. The van der Waals surface area contributed by atoms with Gasteiger partial charge >= 0.3 is 6.03 Å². The minimum atomic E-state index is -3.52. The SMILES string of the molecule is CN(C)c1cccc2c(S(=O)(=O)CCCNC(=O)Nc3ccc(F)cc3)cccc12. The highest BCUT2D eigenvalue weighted by Crippen LogP contribution is 2.30. The van der Waals surface area contributed by atoms with Crippen LogP contribution in [0.25, 0.3) is 10.8 Å². The van der Waals surface area contributed by atoms with Gasteiger partial charge in [0.2, 0.25) is 0 Å². The van der Waals surface area contributed by atoms with Crippen LogP contribution in [0.3, 0.4) is 0 Å². The van der Waals surface area contributed by atoms with E-state index < -0.39 is 21.7 Å². The average molecular weight is 430 g/mol. The van der Waals surface area contributed by atoms with Crippen LogP contribution in [0.1, 0.15) is 6.42 Å². The Morgan fingerprint density at radius 2 is 1.63 bits per heavy atom. The van der Waals surface area contributed by atoms with E-state index in [1.54, 1.807) is 12.1 Å². The molecule has 3 aromatic carbocycles. The van der Waals surface area contributed by atoms with E-state index >= 15 is 0 Å². The first-order chi connectivity index (χ1) is 14.3. The Balaban J connectivity index is 1.62. The normalized spacial score (nSPS) is 11.3. The molecule has 0 aliphatic carbocycles. The number of hydrogen-bond donors (Lipinski definition) is 2. The summed E-state index contributed by atoms with van der Waals surface area (Å²) in [5.74, 6) is -0.480. The van der Waals surface area contributed by atoms with Gasteiger partial charge in [0.05, 0.1) is 10.6 Å². The van der Waals surface area contributed by atoms with Crippen molar-refractivity contribution in [2.24, 2.45) is 0 Å². The van der Waals surface area contributed by atoms with Crippen molar-refractivity contribution in [3.8, 4) is 0 Å². The summed E-state index contributed by atoms with van der Waals surface area (Å²) < 4.78 is 38.7. The highest BCUT2D eigenvalue weighted by Gasteiger charge is 2.18. The molecule has 30 heavy (non-hydrogen) atoms. The third kappa shape index (κ3) is 5.07. The number of hydrogen-bond acceptors (Lipinski definition) is 4. The lowest BCUT2D eigenvalue weighted by Gasteiger charge is -2.17. The maximum absolute atomic E-state index is 12.9. The smallest absolute Gasteiger partial charge is 0.319 e. The van der Waals surface area contributed by atoms with Crippen LogP contribution < -0.4 is 15.5 Å². The van der Waals surface area contributed by atoms with E-state index in [9.17, 15) is 17.6 Å². The number of carbonyl (C=O) groups excluding carboxylic acids is 1. The molecule has 0 atom stereocenters. The second-order valence-corrected chi connectivity index (χ2v) is 9.16. The molecule has 0 heterocycles. The number of sulfone groups is 1. The lowest BCUT2D eigenvalue weighted by atomic mass is 10.1. The van der Waals surface area contributed by atoms with Crippen LogP contribution in [0.5, 0.6) is 0 Å². The summed E-state index contributed by atoms with van der Waals surface area (Å²) >= 11 is 0. The van der Waals surface area contributed by atoms with Crippen molar-refractivity contribution in [3.63, 3.8) is 0 Å². The summed E-state index contributed by atoms with van der Waals surface area (Å²) in [5.41, 5.74) is 1.40. The molecule has 0 aliphatic heterocycles. The van der Waals surface area contributed by atoms with Crippen LogP contribution in [0.15, 0.2) is 65.6 Å². The predicted molar refractivity (Wildman–Crippen MR) is 118 cm³/mol. The van der Waals surface area contributed by atoms with Crippen LogP contribution in [0.2, 0.25) is 0 Å². The van der Waals surface area contributed by atoms with Gasteiger partial charge in [0, 0.05) is 42.8 Å². The van der Waals surface area contributed by atoms with Gasteiger partial charge in [0.25, 0.3) is 0 Å². The fourth-order valence-electron chi connectivity index (χ4n) is 3.21. The number of fused-ring (bicyclic) bond motifs is 1. The first-order valence-electron chi connectivity index (χ1n) is 9.50. The molecule has 158 valence electrons. The van der Waals surface area contributed by atoms with E-state index in [4.69, 9.17) is 0 Å². The van der Waals surface area contributed by atoms with Gasteiger partial charge in [-0.3, -0.25) is 0 Å². The Hall–Kier alpha value is -3.13. The minimum absolute atomic E-state index is 0.0882. The molecule has 6 nitrogen and oxygen atoms in total. The summed E-state index contributed by atoms with van der Waals surface area (Å²) in [6, 6.07) is 15.8. The summed E-state index contributed by atoms with van der Waals surface area (Å²) in [7, 11) is 0.308. The van der Waals surface area contributed by atoms with E-state index in [-0.39, 0.29) is 18.7 Å². The van der Waals surface area contributed by atoms with Crippen LogP contribution in [-0.2, 0) is 9.84 Å². The van der Waals surface area contributed by atoms with Crippen molar-refractivity contribution in [1.82, 2.24) is 5.32 Å². The summed E-state index contributed by atoms with van der Waals surface area (Å²) in [6.07, 6.45) is 0.267. The maximum Gasteiger partial charge on any atom is 0.319 e. The second-order valence-electron chi connectivity index (χ2n) is 7.08. The third-order valence-electron chi connectivity index (χ3n) is 4.65. The number of carbonyl (C=O) groups is 1. The molecule has 0 saturated heterocycles. The maximum atomic E-state index is 12.9. The Bertz CT molecular complexity index is 1150. The fraction of sp³-hybridized carbons (Fsp3) is 0.227. The fourth-order valence-corrected chi connectivity index (χ4v) is 4.75. The highest BCUT2D eigenvalue weighted by molar-refractivity contribution is 7.91. The van der Waals surface area contributed by atoms with Gasteiger partial charge in [-0.25, -0.2) is 17.6 Å². The van der Waals surface area contributed by atoms with Crippen molar-refractivity contribution in [2.75, 3.05) is 36.6 Å². The average Bonchev–Trinajstić information content (AvgIpc) is 2.72. The number of halogens is 1. The van der Waals surface area contributed by atoms with E-state index in [0.29, 0.717) is 16.0 Å². The minimum Gasteiger partial charge on any atom is -0.377 e. The van der Waals surface area contributed by atoms with Crippen molar-refractivity contribution >= 4 is 38.0 Å². The van der Waals surface area contributed by atoms with Gasteiger partial charge in [0.1, 0.15) is 5.82 Å². The van der Waals surface area contributed by atoms with Gasteiger partial charge in [-0.15, -0.1) is 0 Å². The zero-order chi connectivity index (χ0) is 21.7. The first kappa shape index (κ1) is 21.6. The van der Waals surface area contributed by atoms with Crippen molar-refractivity contribution in [2.45, 2.75) is 11.3 Å². The van der Waals surface area contributed by atoms with Crippen LogP contribution in [0.4, 0.5) is 20.6 Å². The van der Waals surface area contributed by atoms with Gasteiger partial charge in [-0.1, -0.05) is 24.3 Å². The van der Waals surface area contributed by atoms with E-state index in [0.717, 1.165) is 11.1 Å². The molecule has 0 saturated carbocycles. The molecule has 8 heteroatoms. The summed E-state index contributed by atoms with van der Waals surface area (Å²) in [6.45, 7) is 0.194.